The van der Waals surface area contributed by atoms with Crippen LogP contribution in [-0.4, -0.2) is 12.7 Å². The molecule has 2 aliphatic rings. The first kappa shape index (κ1) is 13.1. The van der Waals surface area contributed by atoms with Crippen molar-refractivity contribution < 1.29 is 23.0 Å². The van der Waals surface area contributed by atoms with Gasteiger partial charge in [-0.25, -0.2) is 8.78 Å². The Bertz CT molecular complexity index is 791. The lowest BCUT2D eigenvalue weighted by Gasteiger charge is -2.26. The summed E-state index contributed by atoms with van der Waals surface area (Å²) in [4.78, 5) is 11.9. The number of hydrogen-bond acceptors (Lipinski definition) is 3. The van der Waals surface area contributed by atoms with Gasteiger partial charge in [0.25, 0.3) is 0 Å². The van der Waals surface area contributed by atoms with Gasteiger partial charge in [-0.3, -0.25) is 4.79 Å². The Balaban J connectivity index is 1.84. The van der Waals surface area contributed by atoms with Crippen molar-refractivity contribution in [2.45, 2.75) is 12.3 Å². The van der Waals surface area contributed by atoms with Crippen molar-refractivity contribution in [3.05, 3.63) is 53.1 Å². The smallest absolute Gasteiger partial charge is 0.231 e. The zero-order valence-corrected chi connectivity index (χ0v) is 11.4. The van der Waals surface area contributed by atoms with Gasteiger partial charge in [0, 0.05) is 24.1 Å². The molecular formula is C16H11F2NO3. The molecular weight excluding hydrogens is 292 g/mol. The lowest BCUT2D eigenvalue weighted by atomic mass is 9.84. The molecule has 0 spiro atoms. The van der Waals surface area contributed by atoms with Gasteiger partial charge in [0.1, 0.15) is 0 Å². The van der Waals surface area contributed by atoms with Crippen LogP contribution in [0.1, 0.15) is 23.5 Å². The highest BCUT2D eigenvalue weighted by Gasteiger charge is 2.30. The monoisotopic (exact) mass is 303 g/mol. The fraction of sp³-hybridized carbons (Fsp3) is 0.188. The zero-order chi connectivity index (χ0) is 15.3. The Hall–Kier alpha value is -2.63. The molecule has 4 rings (SSSR count). The number of benzene rings is 2. The number of rotatable bonds is 1. The van der Waals surface area contributed by atoms with Crippen LogP contribution in [0.2, 0.25) is 0 Å². The van der Waals surface area contributed by atoms with E-state index in [2.05, 4.69) is 5.32 Å². The fourth-order valence-corrected chi connectivity index (χ4v) is 2.88. The van der Waals surface area contributed by atoms with Crippen molar-refractivity contribution >= 4 is 11.6 Å². The topological polar surface area (TPSA) is 47.6 Å². The Morgan fingerprint density at radius 1 is 1.05 bits per heavy atom. The Morgan fingerprint density at radius 3 is 2.59 bits per heavy atom. The van der Waals surface area contributed by atoms with Gasteiger partial charge in [-0.1, -0.05) is 6.07 Å². The summed E-state index contributed by atoms with van der Waals surface area (Å²) in [5.41, 5.74) is 1.96. The summed E-state index contributed by atoms with van der Waals surface area (Å²) in [6.07, 6.45) is 0.164. The Morgan fingerprint density at radius 2 is 1.82 bits per heavy atom. The van der Waals surface area contributed by atoms with Crippen LogP contribution in [0.3, 0.4) is 0 Å². The fourth-order valence-electron chi connectivity index (χ4n) is 2.88. The minimum atomic E-state index is -0.925. The van der Waals surface area contributed by atoms with Crippen molar-refractivity contribution in [1.82, 2.24) is 0 Å². The van der Waals surface area contributed by atoms with Gasteiger partial charge in [0.2, 0.25) is 12.7 Å². The van der Waals surface area contributed by atoms with Gasteiger partial charge < -0.3 is 14.8 Å². The van der Waals surface area contributed by atoms with Crippen LogP contribution in [-0.2, 0) is 4.79 Å². The van der Waals surface area contributed by atoms with E-state index in [1.165, 1.54) is 6.07 Å². The van der Waals surface area contributed by atoms with Crippen molar-refractivity contribution in [3.8, 4) is 11.5 Å². The number of nitrogens with one attached hydrogen (secondary N) is 1. The normalized spacial score (nSPS) is 18.8. The van der Waals surface area contributed by atoms with E-state index in [4.69, 9.17) is 9.47 Å². The summed E-state index contributed by atoms with van der Waals surface area (Å²) in [7, 11) is 0. The molecule has 0 fully saturated rings. The lowest BCUT2D eigenvalue weighted by molar-refractivity contribution is -0.116. The van der Waals surface area contributed by atoms with Gasteiger partial charge in [-0.05, 0) is 29.3 Å². The first-order chi connectivity index (χ1) is 10.6. The zero-order valence-electron chi connectivity index (χ0n) is 11.4. The van der Waals surface area contributed by atoms with Crippen LogP contribution in [0.4, 0.5) is 14.5 Å². The van der Waals surface area contributed by atoms with E-state index in [1.807, 2.05) is 0 Å². The number of anilines is 1. The second-order valence-electron chi connectivity index (χ2n) is 5.27. The summed E-state index contributed by atoms with van der Waals surface area (Å²) >= 11 is 0. The maximum absolute atomic E-state index is 13.5. The molecule has 1 atom stereocenters. The quantitative estimate of drug-likeness (QED) is 0.880. The number of halogens is 2. The van der Waals surface area contributed by atoms with E-state index in [0.29, 0.717) is 22.7 Å². The number of ether oxygens (including phenoxy) is 2. The number of carbonyl (C=O) groups is 1. The van der Waals surface area contributed by atoms with Gasteiger partial charge in [0.15, 0.2) is 23.1 Å². The molecule has 0 aromatic heterocycles. The molecule has 2 heterocycles. The van der Waals surface area contributed by atoms with Crippen molar-refractivity contribution in [2.75, 3.05) is 12.1 Å². The largest absolute Gasteiger partial charge is 0.454 e. The predicted molar refractivity (Wildman–Crippen MR) is 74.0 cm³/mol. The summed E-state index contributed by atoms with van der Waals surface area (Å²) < 4.78 is 37.3. The van der Waals surface area contributed by atoms with Crippen molar-refractivity contribution in [2.24, 2.45) is 0 Å². The highest BCUT2D eigenvalue weighted by atomic mass is 19.2. The molecule has 112 valence electrons. The molecule has 0 saturated heterocycles. The van der Waals surface area contributed by atoms with Crippen LogP contribution in [0.15, 0.2) is 30.3 Å². The second-order valence-corrected chi connectivity index (χ2v) is 5.27. The number of carbonyl (C=O) groups excluding carboxylic acids is 1. The van der Waals surface area contributed by atoms with Gasteiger partial charge >= 0.3 is 0 Å². The van der Waals surface area contributed by atoms with Crippen LogP contribution < -0.4 is 14.8 Å². The average molecular weight is 303 g/mol. The third-order valence-electron chi connectivity index (χ3n) is 3.93. The second kappa shape index (κ2) is 4.69. The third kappa shape index (κ3) is 1.99. The van der Waals surface area contributed by atoms with E-state index < -0.39 is 11.6 Å². The maximum atomic E-state index is 13.5. The summed E-state index contributed by atoms with van der Waals surface area (Å²) in [5.74, 6) is -1.22. The number of hydrogen-bond donors (Lipinski definition) is 1. The summed E-state index contributed by atoms with van der Waals surface area (Å²) in [6, 6.07) is 7.18. The minimum Gasteiger partial charge on any atom is -0.454 e. The average Bonchev–Trinajstić information content (AvgIpc) is 2.94. The molecule has 22 heavy (non-hydrogen) atoms. The number of amides is 1. The van der Waals surface area contributed by atoms with E-state index in [1.54, 1.807) is 12.1 Å². The molecule has 2 aromatic rings. The first-order valence-corrected chi connectivity index (χ1v) is 6.80. The molecule has 1 N–H and O–H groups in total. The SMILES string of the molecule is O=C1CC(c2ccc(F)c(F)c2)c2cc3c(cc2N1)OCO3. The minimum absolute atomic E-state index is 0.127. The lowest BCUT2D eigenvalue weighted by Crippen LogP contribution is -2.23. The molecule has 2 aliphatic heterocycles. The molecule has 0 radical (unpaired) electrons. The van der Waals surface area contributed by atoms with Gasteiger partial charge in [0.05, 0.1) is 0 Å². The molecule has 0 bridgehead atoms. The van der Waals surface area contributed by atoms with Gasteiger partial charge in [-0.2, -0.15) is 0 Å². The molecule has 0 saturated carbocycles. The molecule has 4 nitrogen and oxygen atoms in total. The highest BCUT2D eigenvalue weighted by Crippen LogP contribution is 2.44. The standard InChI is InChI=1S/C16H11F2NO3/c17-11-2-1-8(3-12(11)18)9-5-16(20)19-13-6-15-14(4-10(9)13)21-7-22-15/h1-4,6,9H,5,7H2,(H,19,20). The number of fused-ring (bicyclic) bond motifs is 2. The molecule has 1 amide bonds. The van der Waals surface area contributed by atoms with E-state index in [9.17, 15) is 13.6 Å². The highest BCUT2D eigenvalue weighted by molar-refractivity contribution is 5.96. The van der Waals surface area contributed by atoms with Crippen LogP contribution in [0.5, 0.6) is 11.5 Å². The Labute approximate surface area is 124 Å². The van der Waals surface area contributed by atoms with E-state index >= 15 is 0 Å². The molecule has 6 heteroatoms. The van der Waals surface area contributed by atoms with Gasteiger partial charge in [-0.15, -0.1) is 0 Å². The Kier molecular flexibility index (Phi) is 2.79. The summed E-state index contributed by atoms with van der Waals surface area (Å²) in [5, 5.41) is 2.77. The maximum Gasteiger partial charge on any atom is 0.231 e. The van der Waals surface area contributed by atoms with Crippen molar-refractivity contribution in [3.63, 3.8) is 0 Å². The van der Waals surface area contributed by atoms with Crippen LogP contribution in [0, 0.1) is 11.6 Å². The van der Waals surface area contributed by atoms with Crippen molar-refractivity contribution in [1.29, 1.82) is 0 Å². The molecule has 0 aliphatic carbocycles. The van der Waals surface area contributed by atoms with E-state index in [-0.39, 0.29) is 25.0 Å². The van der Waals surface area contributed by atoms with Crippen LogP contribution >= 0.6 is 0 Å². The first-order valence-electron chi connectivity index (χ1n) is 6.80. The summed E-state index contributed by atoms with van der Waals surface area (Å²) in [6.45, 7) is 0.127. The van der Waals surface area contributed by atoms with Crippen LogP contribution in [0.25, 0.3) is 0 Å². The third-order valence-corrected chi connectivity index (χ3v) is 3.93. The predicted octanol–water partition coefficient (Wildman–Crippen LogP) is 3.17. The van der Waals surface area contributed by atoms with E-state index in [0.717, 1.165) is 17.7 Å². The molecule has 2 aromatic carbocycles. The molecule has 1 unspecified atom stereocenters.